The molecule has 4 rings (SSSR count). The van der Waals surface area contributed by atoms with Gasteiger partial charge in [-0.15, -0.1) is 0 Å². The van der Waals surface area contributed by atoms with Gasteiger partial charge in [-0.05, 0) is 40.0 Å². The number of ether oxygens (including phenoxy) is 5. The first-order chi connectivity index (χ1) is 9.77. The highest BCUT2D eigenvalue weighted by atomic mass is 79.9. The monoisotopic (exact) mass is 362 g/mol. The van der Waals surface area contributed by atoms with Crippen LogP contribution in [0.25, 0.3) is 0 Å². The predicted molar refractivity (Wildman–Crippen MR) is 77.9 cm³/mol. The summed E-state index contributed by atoms with van der Waals surface area (Å²) in [5.74, 6) is -0.562. The predicted octanol–water partition coefficient (Wildman–Crippen LogP) is 2.42. The molecular formula is C15H23BrO5. The number of fused-ring (bicyclic) bond motifs is 2. The summed E-state index contributed by atoms with van der Waals surface area (Å²) < 4.78 is 30.1. The van der Waals surface area contributed by atoms with Gasteiger partial charge in [-0.3, -0.25) is 0 Å². The maximum atomic E-state index is 6.24. The van der Waals surface area contributed by atoms with Crippen LogP contribution in [-0.4, -0.2) is 48.1 Å². The molecule has 3 saturated heterocycles. The van der Waals surface area contributed by atoms with Crippen molar-refractivity contribution in [3.63, 3.8) is 0 Å². The van der Waals surface area contributed by atoms with Gasteiger partial charge in [0.25, 0.3) is 0 Å². The van der Waals surface area contributed by atoms with Crippen LogP contribution in [0, 0.1) is 11.3 Å². The summed E-state index contributed by atoms with van der Waals surface area (Å²) in [6, 6.07) is 0. The summed E-state index contributed by atoms with van der Waals surface area (Å²) in [6.45, 7) is 8.35. The SMILES string of the molecule is CC1(C)OC[C@H]([C@H]2O[C@@H]3OC(C)(C)O[C@@H]3[C@@]23CC3CBr)O1. The largest absolute Gasteiger partial charge is 0.348 e. The number of rotatable bonds is 2. The summed E-state index contributed by atoms with van der Waals surface area (Å²) >= 11 is 3.62. The Hall–Kier alpha value is 0.280. The Kier molecular flexibility index (Phi) is 3.13. The molecule has 1 aliphatic carbocycles. The first kappa shape index (κ1) is 14.8. The fourth-order valence-corrected chi connectivity index (χ4v) is 5.02. The minimum atomic E-state index is -0.570. The third-order valence-corrected chi connectivity index (χ3v) is 5.93. The maximum absolute atomic E-state index is 6.24. The van der Waals surface area contributed by atoms with Crippen LogP contribution >= 0.6 is 15.9 Å². The lowest BCUT2D eigenvalue weighted by molar-refractivity contribution is -0.230. The third-order valence-electron chi connectivity index (χ3n) is 5.15. The van der Waals surface area contributed by atoms with Gasteiger partial charge in [-0.2, -0.15) is 0 Å². The highest BCUT2D eigenvalue weighted by Gasteiger charge is 2.75. The molecule has 1 spiro atoms. The number of halogens is 1. The maximum Gasteiger partial charge on any atom is 0.188 e. The van der Waals surface area contributed by atoms with E-state index in [0.717, 1.165) is 11.8 Å². The van der Waals surface area contributed by atoms with Crippen molar-refractivity contribution in [2.75, 3.05) is 11.9 Å². The topological polar surface area (TPSA) is 46.2 Å². The molecule has 0 N–H and O–H groups in total. The normalized spacial score (nSPS) is 53.3. The summed E-state index contributed by atoms with van der Waals surface area (Å²) in [7, 11) is 0. The van der Waals surface area contributed by atoms with Crippen LogP contribution in [0.3, 0.4) is 0 Å². The van der Waals surface area contributed by atoms with Crippen LogP contribution in [0.5, 0.6) is 0 Å². The quantitative estimate of drug-likeness (QED) is 0.706. The lowest BCUT2D eigenvalue weighted by atomic mass is 9.89. The van der Waals surface area contributed by atoms with Gasteiger partial charge in [0.2, 0.25) is 0 Å². The van der Waals surface area contributed by atoms with E-state index in [1.165, 1.54) is 0 Å². The Morgan fingerprint density at radius 3 is 2.33 bits per heavy atom. The average Bonchev–Trinajstić information content (AvgIpc) is 2.75. The summed E-state index contributed by atoms with van der Waals surface area (Å²) in [4.78, 5) is 0. The van der Waals surface area contributed by atoms with Crippen LogP contribution in [0.1, 0.15) is 34.1 Å². The Morgan fingerprint density at radius 2 is 1.76 bits per heavy atom. The van der Waals surface area contributed by atoms with Gasteiger partial charge >= 0.3 is 0 Å². The van der Waals surface area contributed by atoms with Crippen molar-refractivity contribution in [2.45, 2.75) is 70.3 Å². The molecule has 0 aromatic heterocycles. The minimum absolute atomic E-state index is 0.00359. The summed E-state index contributed by atoms with van der Waals surface area (Å²) in [5.41, 5.74) is -0.00359. The molecule has 4 aliphatic rings. The van der Waals surface area contributed by atoms with Gasteiger partial charge in [0.05, 0.1) is 12.7 Å². The second-order valence-corrected chi connectivity index (χ2v) is 8.16. The summed E-state index contributed by atoms with van der Waals surface area (Å²) in [6.07, 6.45) is 0.718. The molecule has 1 unspecified atom stereocenters. The average molecular weight is 363 g/mol. The first-order valence-corrected chi connectivity index (χ1v) is 8.78. The Labute approximate surface area is 133 Å². The molecular weight excluding hydrogens is 340 g/mol. The molecule has 3 heterocycles. The van der Waals surface area contributed by atoms with E-state index in [1.807, 2.05) is 27.7 Å². The molecule has 0 aromatic carbocycles. The van der Waals surface area contributed by atoms with Crippen LogP contribution in [0.2, 0.25) is 0 Å². The second-order valence-electron chi connectivity index (χ2n) is 7.52. The second kappa shape index (κ2) is 4.42. The molecule has 6 heteroatoms. The highest BCUT2D eigenvalue weighted by Crippen LogP contribution is 2.67. The van der Waals surface area contributed by atoms with Gasteiger partial charge in [0, 0.05) is 10.7 Å². The number of hydrogen-bond donors (Lipinski definition) is 0. The first-order valence-electron chi connectivity index (χ1n) is 7.66. The van der Waals surface area contributed by atoms with E-state index in [1.54, 1.807) is 0 Å². The zero-order valence-electron chi connectivity index (χ0n) is 12.9. The molecule has 0 radical (unpaired) electrons. The number of hydrogen-bond acceptors (Lipinski definition) is 5. The van der Waals surface area contributed by atoms with Crippen molar-refractivity contribution in [1.29, 1.82) is 0 Å². The third kappa shape index (κ3) is 2.14. The van der Waals surface area contributed by atoms with Crippen LogP contribution in [-0.2, 0) is 23.7 Å². The fraction of sp³-hybridized carbons (Fsp3) is 1.00. The Morgan fingerprint density at radius 1 is 1.00 bits per heavy atom. The van der Waals surface area contributed by atoms with Gasteiger partial charge in [0.1, 0.15) is 12.2 Å². The molecule has 1 saturated carbocycles. The Balaban J connectivity index is 1.59. The van der Waals surface area contributed by atoms with E-state index in [0.29, 0.717) is 12.5 Å². The molecule has 120 valence electrons. The van der Waals surface area contributed by atoms with E-state index < -0.39 is 11.6 Å². The summed E-state index contributed by atoms with van der Waals surface area (Å²) in [5, 5.41) is 0.955. The Bertz CT molecular complexity index is 453. The van der Waals surface area contributed by atoms with Crippen molar-refractivity contribution in [2.24, 2.45) is 11.3 Å². The molecule has 3 aliphatic heterocycles. The van der Waals surface area contributed by atoms with Crippen molar-refractivity contribution >= 4 is 15.9 Å². The molecule has 21 heavy (non-hydrogen) atoms. The van der Waals surface area contributed by atoms with Crippen molar-refractivity contribution in [3.8, 4) is 0 Å². The molecule has 6 atom stereocenters. The van der Waals surface area contributed by atoms with Crippen molar-refractivity contribution in [3.05, 3.63) is 0 Å². The van der Waals surface area contributed by atoms with E-state index in [-0.39, 0.29) is 30.0 Å². The van der Waals surface area contributed by atoms with E-state index in [4.69, 9.17) is 23.7 Å². The van der Waals surface area contributed by atoms with Crippen molar-refractivity contribution in [1.82, 2.24) is 0 Å². The van der Waals surface area contributed by atoms with Gasteiger partial charge in [0.15, 0.2) is 17.9 Å². The van der Waals surface area contributed by atoms with Crippen LogP contribution in [0.4, 0.5) is 0 Å². The fourth-order valence-electron chi connectivity index (χ4n) is 4.19. The zero-order chi connectivity index (χ0) is 15.0. The van der Waals surface area contributed by atoms with Crippen LogP contribution < -0.4 is 0 Å². The molecule has 4 fully saturated rings. The van der Waals surface area contributed by atoms with E-state index in [9.17, 15) is 0 Å². The lowest BCUT2D eigenvalue weighted by Crippen LogP contribution is -2.41. The van der Waals surface area contributed by atoms with E-state index >= 15 is 0 Å². The number of alkyl halides is 1. The standard InChI is InChI=1S/C15H23BrO5/c1-13(2)17-7-9(19-13)10-15(5-8(15)6-16)11-12(18-10)21-14(3,4)20-11/h8-12H,5-7H2,1-4H3/t8?,9-,10-,11+,12-,15-/m1/s1. The van der Waals surface area contributed by atoms with Gasteiger partial charge in [-0.1, -0.05) is 15.9 Å². The van der Waals surface area contributed by atoms with Crippen LogP contribution in [0.15, 0.2) is 0 Å². The van der Waals surface area contributed by atoms with Gasteiger partial charge < -0.3 is 23.7 Å². The molecule has 0 amide bonds. The molecule has 0 bridgehead atoms. The lowest BCUT2D eigenvalue weighted by Gasteiger charge is -2.29. The minimum Gasteiger partial charge on any atom is -0.348 e. The highest BCUT2D eigenvalue weighted by molar-refractivity contribution is 9.09. The zero-order valence-corrected chi connectivity index (χ0v) is 14.5. The molecule has 0 aromatic rings. The molecule has 5 nitrogen and oxygen atoms in total. The van der Waals surface area contributed by atoms with Gasteiger partial charge in [-0.25, -0.2) is 0 Å². The smallest absolute Gasteiger partial charge is 0.188 e. The van der Waals surface area contributed by atoms with E-state index in [2.05, 4.69) is 15.9 Å². The van der Waals surface area contributed by atoms with Crippen molar-refractivity contribution < 1.29 is 23.7 Å².